The van der Waals surface area contributed by atoms with E-state index in [0.717, 1.165) is 25.7 Å². The molecule has 0 aromatic carbocycles. The van der Waals surface area contributed by atoms with Crippen molar-refractivity contribution >= 4 is 27.3 Å². The Morgan fingerprint density at radius 1 is 1.06 bits per heavy atom. The molecule has 1 heterocycles. The van der Waals surface area contributed by atoms with Gasteiger partial charge in [-0.25, -0.2) is 8.42 Å². The number of ether oxygens (including phenoxy) is 2. The fourth-order valence-corrected chi connectivity index (χ4v) is 10.0. The Balaban J connectivity index is 1.83. The van der Waals surface area contributed by atoms with Gasteiger partial charge < -0.3 is 14.4 Å². The molecule has 1 aliphatic heterocycles. The summed E-state index contributed by atoms with van der Waals surface area (Å²) in [6.07, 6.45) is 6.36. The van der Waals surface area contributed by atoms with Crippen LogP contribution in [0.3, 0.4) is 0 Å². The minimum Gasteiger partial charge on any atom is -0.381 e. The van der Waals surface area contributed by atoms with Crippen molar-refractivity contribution in [2.24, 2.45) is 11.3 Å². The lowest BCUT2D eigenvalue weighted by molar-refractivity contribution is -0.145. The molecule has 0 spiro atoms. The van der Waals surface area contributed by atoms with E-state index in [4.69, 9.17) is 21.1 Å². The van der Waals surface area contributed by atoms with Gasteiger partial charge in [0, 0.05) is 37.8 Å². The van der Waals surface area contributed by atoms with Crippen LogP contribution in [0.1, 0.15) is 92.4 Å². The molecule has 34 heavy (non-hydrogen) atoms. The smallest absolute Gasteiger partial charge is 0.228 e. The normalized spacial score (nSPS) is 33.0. The SMILES string of the molecule is COC1CCC(S(=O)(=O)C2(C3CCC(N(C(=O)C(C)(C)C)C(C)C)C(Cl)C3)CCOCC2)CC1. The summed E-state index contributed by atoms with van der Waals surface area (Å²) in [6.45, 7) is 10.9. The zero-order valence-corrected chi connectivity index (χ0v) is 23.6. The molecule has 1 saturated heterocycles. The first kappa shape index (κ1) is 28.2. The summed E-state index contributed by atoms with van der Waals surface area (Å²) in [7, 11) is -1.66. The van der Waals surface area contributed by atoms with Crippen molar-refractivity contribution in [3.8, 4) is 0 Å². The van der Waals surface area contributed by atoms with Gasteiger partial charge in [-0.05, 0) is 77.6 Å². The molecule has 1 amide bonds. The van der Waals surface area contributed by atoms with Crippen LogP contribution < -0.4 is 0 Å². The van der Waals surface area contributed by atoms with E-state index < -0.39 is 20.0 Å². The molecule has 0 aromatic heterocycles. The van der Waals surface area contributed by atoms with Gasteiger partial charge in [-0.15, -0.1) is 11.6 Å². The number of sulfone groups is 1. The lowest BCUT2D eigenvalue weighted by Gasteiger charge is -2.51. The second-order valence-corrected chi connectivity index (χ2v) is 15.1. The third-order valence-electron chi connectivity index (χ3n) is 8.57. The zero-order valence-electron chi connectivity index (χ0n) is 22.0. The number of methoxy groups -OCH3 is 1. The molecule has 3 fully saturated rings. The van der Waals surface area contributed by atoms with E-state index in [0.29, 0.717) is 45.3 Å². The number of nitrogens with zero attached hydrogens (tertiary/aromatic N) is 1. The molecule has 2 saturated carbocycles. The van der Waals surface area contributed by atoms with E-state index in [1.165, 1.54) is 0 Å². The van der Waals surface area contributed by atoms with Crippen molar-refractivity contribution in [2.75, 3.05) is 20.3 Å². The van der Waals surface area contributed by atoms with E-state index in [-0.39, 0.29) is 40.6 Å². The van der Waals surface area contributed by atoms with E-state index in [9.17, 15) is 13.2 Å². The highest BCUT2D eigenvalue weighted by Gasteiger charge is 2.56. The maximum Gasteiger partial charge on any atom is 0.228 e. The lowest BCUT2D eigenvalue weighted by Crippen LogP contribution is -2.59. The fraction of sp³-hybridized carbons (Fsp3) is 0.962. The second kappa shape index (κ2) is 10.9. The van der Waals surface area contributed by atoms with Crippen molar-refractivity contribution in [1.82, 2.24) is 4.90 Å². The minimum atomic E-state index is -3.37. The molecule has 2 aliphatic carbocycles. The molecule has 0 radical (unpaired) electrons. The van der Waals surface area contributed by atoms with Gasteiger partial charge in [0.25, 0.3) is 0 Å². The Labute approximate surface area is 212 Å². The number of hydrogen-bond acceptors (Lipinski definition) is 5. The van der Waals surface area contributed by atoms with Crippen molar-refractivity contribution in [3.63, 3.8) is 0 Å². The molecule has 8 heteroatoms. The minimum absolute atomic E-state index is 0.000880. The Kier molecular flexibility index (Phi) is 9.07. The third kappa shape index (κ3) is 5.47. The summed E-state index contributed by atoms with van der Waals surface area (Å²) in [5, 5.41) is -0.565. The van der Waals surface area contributed by atoms with Crippen LogP contribution in [0.15, 0.2) is 0 Å². The van der Waals surface area contributed by atoms with Crippen molar-refractivity contribution in [1.29, 1.82) is 0 Å². The van der Waals surface area contributed by atoms with Crippen molar-refractivity contribution in [3.05, 3.63) is 0 Å². The van der Waals surface area contributed by atoms with E-state index in [1.807, 2.05) is 39.5 Å². The van der Waals surface area contributed by atoms with Gasteiger partial charge in [0.05, 0.1) is 21.5 Å². The van der Waals surface area contributed by atoms with E-state index in [1.54, 1.807) is 7.11 Å². The first-order valence-corrected chi connectivity index (χ1v) is 15.1. The van der Waals surface area contributed by atoms with Gasteiger partial charge in [-0.2, -0.15) is 0 Å². The van der Waals surface area contributed by atoms with Crippen LogP contribution in [0.5, 0.6) is 0 Å². The third-order valence-corrected chi connectivity index (χ3v) is 12.3. The summed E-state index contributed by atoms with van der Waals surface area (Å²) in [4.78, 5) is 15.2. The second-order valence-electron chi connectivity index (χ2n) is 12.0. The van der Waals surface area contributed by atoms with Gasteiger partial charge in [-0.3, -0.25) is 4.79 Å². The van der Waals surface area contributed by atoms with Crippen LogP contribution in [-0.4, -0.2) is 73.1 Å². The predicted molar refractivity (Wildman–Crippen MR) is 137 cm³/mol. The molecule has 0 N–H and O–H groups in total. The van der Waals surface area contributed by atoms with Crippen LogP contribution in [0, 0.1) is 11.3 Å². The molecule has 3 atom stereocenters. The first-order chi connectivity index (χ1) is 15.8. The maximum absolute atomic E-state index is 14.2. The monoisotopic (exact) mass is 519 g/mol. The number of halogens is 1. The van der Waals surface area contributed by atoms with Crippen LogP contribution in [-0.2, 0) is 24.1 Å². The summed E-state index contributed by atoms with van der Waals surface area (Å²) >= 11 is 7.03. The Bertz CT molecular complexity index is 794. The van der Waals surface area contributed by atoms with Gasteiger partial charge >= 0.3 is 0 Å². The van der Waals surface area contributed by atoms with E-state index >= 15 is 0 Å². The van der Waals surface area contributed by atoms with Gasteiger partial charge in [0.1, 0.15) is 0 Å². The van der Waals surface area contributed by atoms with Crippen molar-refractivity contribution in [2.45, 2.75) is 126 Å². The number of hydrogen-bond donors (Lipinski definition) is 0. The summed E-state index contributed by atoms with van der Waals surface area (Å²) in [5.41, 5.74) is -0.482. The van der Waals surface area contributed by atoms with Crippen LogP contribution in [0.25, 0.3) is 0 Å². The largest absolute Gasteiger partial charge is 0.381 e. The molecule has 3 aliphatic rings. The molecule has 3 rings (SSSR count). The standard InChI is InChI=1S/C26H46ClNO5S/c1-18(2)28(24(29)25(3,4)5)23-12-7-19(17-22(23)27)26(13-15-33-16-14-26)34(30,31)21-10-8-20(32-6)9-11-21/h18-23H,7-17H2,1-6H3. The topological polar surface area (TPSA) is 72.9 Å². The number of carbonyl (C=O) groups is 1. The maximum atomic E-state index is 14.2. The Morgan fingerprint density at radius 2 is 1.65 bits per heavy atom. The average molecular weight is 520 g/mol. The Hall–Kier alpha value is -0.370. The molecule has 198 valence electrons. The highest BCUT2D eigenvalue weighted by atomic mass is 35.5. The van der Waals surface area contributed by atoms with Gasteiger partial charge in [0.2, 0.25) is 5.91 Å². The van der Waals surface area contributed by atoms with Gasteiger partial charge in [-0.1, -0.05) is 20.8 Å². The lowest BCUT2D eigenvalue weighted by atomic mass is 9.73. The molecular weight excluding hydrogens is 474 g/mol. The van der Waals surface area contributed by atoms with Gasteiger partial charge in [0.15, 0.2) is 9.84 Å². The van der Waals surface area contributed by atoms with Crippen LogP contribution >= 0.6 is 11.6 Å². The Morgan fingerprint density at radius 3 is 2.12 bits per heavy atom. The molecule has 0 bridgehead atoms. The zero-order chi connectivity index (χ0) is 25.3. The molecule has 3 unspecified atom stereocenters. The molecule has 6 nitrogen and oxygen atoms in total. The number of carbonyl (C=O) groups excluding carboxylic acids is 1. The highest BCUT2D eigenvalue weighted by Crippen LogP contribution is 2.49. The first-order valence-electron chi connectivity index (χ1n) is 13.2. The molecule has 0 aromatic rings. The fourth-order valence-electron chi connectivity index (χ4n) is 6.60. The number of alkyl halides is 1. The number of amides is 1. The highest BCUT2D eigenvalue weighted by molar-refractivity contribution is 7.93. The van der Waals surface area contributed by atoms with Crippen molar-refractivity contribution < 1.29 is 22.7 Å². The number of rotatable bonds is 6. The predicted octanol–water partition coefficient (Wildman–Crippen LogP) is 4.97. The molecular formula is C26H46ClNO5S. The quantitative estimate of drug-likeness (QED) is 0.463. The summed E-state index contributed by atoms with van der Waals surface area (Å²) in [6, 6.07) is -0.0207. The van der Waals surface area contributed by atoms with Crippen LogP contribution in [0.4, 0.5) is 0 Å². The summed E-state index contributed by atoms with van der Waals surface area (Å²) in [5.74, 6) is 0.110. The summed E-state index contributed by atoms with van der Waals surface area (Å²) < 4.78 is 38.8. The van der Waals surface area contributed by atoms with Crippen LogP contribution in [0.2, 0.25) is 0 Å². The van der Waals surface area contributed by atoms with E-state index in [2.05, 4.69) is 0 Å². The average Bonchev–Trinajstić information content (AvgIpc) is 2.79.